The quantitative estimate of drug-likeness (QED) is 0.262. The SMILES string of the molecule is CCc1cc(CCC2(C3CCCC3)CC(=O)C(Cc3nc4nc(C)cc(C)n4n3)C(=O)O2)c(OCC(C)C)cc1O. The smallest absolute Gasteiger partial charge is 0.317 e. The number of benzene rings is 1. The maximum absolute atomic E-state index is 13.7. The largest absolute Gasteiger partial charge is 0.508 e. The van der Waals surface area contributed by atoms with Crippen LogP contribution in [0.15, 0.2) is 18.2 Å². The van der Waals surface area contributed by atoms with Crippen LogP contribution in [0.1, 0.15) is 87.6 Å². The predicted octanol–water partition coefficient (Wildman–Crippen LogP) is 5.28. The molecule has 1 aliphatic heterocycles. The number of phenolic OH excluding ortho intramolecular Hbond substituents is 1. The van der Waals surface area contributed by atoms with Gasteiger partial charge in [0.2, 0.25) is 0 Å². The number of hydrogen-bond donors (Lipinski definition) is 1. The molecule has 1 aromatic carbocycles. The Morgan fingerprint density at radius 1 is 1.12 bits per heavy atom. The molecule has 9 heteroatoms. The average Bonchev–Trinajstić information content (AvgIpc) is 3.60. The van der Waals surface area contributed by atoms with Crippen molar-refractivity contribution in [2.24, 2.45) is 17.8 Å². The molecule has 0 spiro atoms. The number of phenols is 1. The third-order valence-electron chi connectivity index (χ3n) is 8.63. The molecule has 5 rings (SSSR count). The Bertz CT molecular complexity index is 1420. The number of aromatic nitrogens is 4. The van der Waals surface area contributed by atoms with Gasteiger partial charge in [-0.2, -0.15) is 4.98 Å². The molecule has 2 atom stereocenters. The van der Waals surface area contributed by atoms with Gasteiger partial charge in [0.25, 0.3) is 5.78 Å². The van der Waals surface area contributed by atoms with Crippen molar-refractivity contribution in [2.75, 3.05) is 6.61 Å². The molecule has 1 N–H and O–H groups in total. The van der Waals surface area contributed by atoms with Crippen molar-refractivity contribution in [1.82, 2.24) is 19.6 Å². The Morgan fingerprint density at radius 3 is 2.56 bits per heavy atom. The maximum atomic E-state index is 13.7. The number of ketones is 1. The lowest BCUT2D eigenvalue weighted by atomic mass is 9.73. The zero-order chi connectivity index (χ0) is 29.3. The molecular weight excluding hydrogens is 520 g/mol. The molecule has 1 aliphatic carbocycles. The highest BCUT2D eigenvalue weighted by atomic mass is 16.6. The number of hydrogen-bond acceptors (Lipinski definition) is 8. The Kier molecular flexibility index (Phi) is 8.34. The number of ether oxygens (including phenoxy) is 2. The van der Waals surface area contributed by atoms with Gasteiger partial charge < -0.3 is 14.6 Å². The number of Topliss-reactive ketones (excluding diaryl/α,β-unsaturated/α-hetero) is 1. The molecule has 0 bridgehead atoms. The summed E-state index contributed by atoms with van der Waals surface area (Å²) in [6, 6.07) is 5.61. The average molecular weight is 563 g/mol. The van der Waals surface area contributed by atoms with E-state index in [-0.39, 0.29) is 30.3 Å². The van der Waals surface area contributed by atoms with Crippen LogP contribution >= 0.6 is 0 Å². The first-order valence-electron chi connectivity index (χ1n) is 15.0. The van der Waals surface area contributed by atoms with Crippen LogP contribution < -0.4 is 4.74 Å². The monoisotopic (exact) mass is 562 g/mol. The Morgan fingerprint density at radius 2 is 1.88 bits per heavy atom. The van der Waals surface area contributed by atoms with E-state index in [1.165, 1.54) is 0 Å². The topological polar surface area (TPSA) is 116 Å². The van der Waals surface area contributed by atoms with E-state index in [1.807, 2.05) is 32.9 Å². The molecule has 1 saturated carbocycles. The second-order valence-electron chi connectivity index (χ2n) is 12.3. The van der Waals surface area contributed by atoms with Gasteiger partial charge in [-0.1, -0.05) is 33.6 Å². The highest BCUT2D eigenvalue weighted by Gasteiger charge is 2.51. The van der Waals surface area contributed by atoms with Crippen molar-refractivity contribution < 1.29 is 24.2 Å². The van der Waals surface area contributed by atoms with Crippen LogP contribution in [-0.4, -0.2) is 48.6 Å². The third-order valence-corrected chi connectivity index (χ3v) is 8.63. The van der Waals surface area contributed by atoms with Crippen LogP contribution in [-0.2, 0) is 33.6 Å². The van der Waals surface area contributed by atoms with Crippen molar-refractivity contribution in [3.05, 3.63) is 46.5 Å². The molecule has 2 unspecified atom stereocenters. The van der Waals surface area contributed by atoms with Crippen LogP contribution in [0.5, 0.6) is 11.5 Å². The van der Waals surface area contributed by atoms with E-state index in [1.54, 1.807) is 10.6 Å². The molecule has 0 radical (unpaired) electrons. The van der Waals surface area contributed by atoms with Crippen molar-refractivity contribution in [1.29, 1.82) is 0 Å². The van der Waals surface area contributed by atoms with E-state index in [2.05, 4.69) is 28.9 Å². The number of aryl methyl sites for hydroxylation is 4. The van der Waals surface area contributed by atoms with E-state index < -0.39 is 17.5 Å². The minimum absolute atomic E-state index is 0.102. The number of rotatable bonds is 10. The van der Waals surface area contributed by atoms with Gasteiger partial charge in [0, 0.05) is 30.3 Å². The van der Waals surface area contributed by atoms with Crippen LogP contribution in [0.25, 0.3) is 5.78 Å². The number of aromatic hydroxyl groups is 1. The summed E-state index contributed by atoms with van der Waals surface area (Å²) >= 11 is 0. The molecule has 3 aromatic rings. The summed E-state index contributed by atoms with van der Waals surface area (Å²) < 4.78 is 14.1. The maximum Gasteiger partial charge on any atom is 0.317 e. The van der Waals surface area contributed by atoms with Gasteiger partial charge in [0.15, 0.2) is 11.6 Å². The zero-order valence-electron chi connectivity index (χ0n) is 24.9. The van der Waals surface area contributed by atoms with Crippen LogP contribution in [0.4, 0.5) is 0 Å². The fraction of sp³-hybridized carbons (Fsp3) is 0.594. The van der Waals surface area contributed by atoms with Crippen LogP contribution in [0.3, 0.4) is 0 Å². The number of nitrogens with zero attached hydrogens (tertiary/aromatic N) is 4. The lowest BCUT2D eigenvalue weighted by Crippen LogP contribution is -2.52. The van der Waals surface area contributed by atoms with Crippen LogP contribution in [0.2, 0.25) is 0 Å². The number of fused-ring (bicyclic) bond motifs is 1. The van der Waals surface area contributed by atoms with Crippen molar-refractivity contribution in [3.63, 3.8) is 0 Å². The summed E-state index contributed by atoms with van der Waals surface area (Å²) in [6.07, 6.45) is 6.12. The molecule has 2 aromatic heterocycles. The Hall–Kier alpha value is -3.49. The minimum Gasteiger partial charge on any atom is -0.508 e. The van der Waals surface area contributed by atoms with Gasteiger partial charge in [0.05, 0.1) is 6.61 Å². The Labute approximate surface area is 241 Å². The van der Waals surface area contributed by atoms with Crippen molar-refractivity contribution >= 4 is 17.5 Å². The second kappa shape index (κ2) is 11.8. The summed E-state index contributed by atoms with van der Waals surface area (Å²) in [5.74, 6) is 0.718. The Balaban J connectivity index is 1.38. The van der Waals surface area contributed by atoms with Crippen molar-refractivity contribution in [3.8, 4) is 11.5 Å². The molecule has 0 amide bonds. The van der Waals surface area contributed by atoms with E-state index in [0.717, 1.165) is 48.2 Å². The zero-order valence-corrected chi connectivity index (χ0v) is 24.9. The summed E-state index contributed by atoms with van der Waals surface area (Å²) in [5, 5.41) is 15.0. The van der Waals surface area contributed by atoms with Gasteiger partial charge in [0.1, 0.15) is 23.0 Å². The van der Waals surface area contributed by atoms with Crippen LogP contribution in [0, 0.1) is 31.6 Å². The number of esters is 1. The number of carbonyl (C=O) groups is 2. The summed E-state index contributed by atoms with van der Waals surface area (Å²) in [5.41, 5.74) is 2.70. The first kappa shape index (κ1) is 29.0. The number of cyclic esters (lactones) is 1. The fourth-order valence-corrected chi connectivity index (χ4v) is 6.43. The molecule has 9 nitrogen and oxygen atoms in total. The molecule has 220 valence electrons. The van der Waals surface area contributed by atoms with E-state index in [9.17, 15) is 14.7 Å². The molecule has 41 heavy (non-hydrogen) atoms. The normalized spacial score (nSPS) is 21.7. The lowest BCUT2D eigenvalue weighted by Gasteiger charge is -2.43. The number of carbonyl (C=O) groups excluding carboxylic acids is 2. The van der Waals surface area contributed by atoms with Gasteiger partial charge in [-0.3, -0.25) is 9.59 Å². The first-order valence-corrected chi connectivity index (χ1v) is 15.0. The third kappa shape index (κ3) is 6.09. The van der Waals surface area contributed by atoms with E-state index >= 15 is 0 Å². The molecule has 3 heterocycles. The molecule has 2 aliphatic rings. The summed E-state index contributed by atoms with van der Waals surface area (Å²) in [7, 11) is 0. The first-order chi connectivity index (χ1) is 19.6. The fourth-order valence-electron chi connectivity index (χ4n) is 6.43. The summed E-state index contributed by atoms with van der Waals surface area (Å²) in [4.78, 5) is 36.1. The molecule has 2 fully saturated rings. The van der Waals surface area contributed by atoms with Gasteiger partial charge >= 0.3 is 5.97 Å². The lowest BCUT2D eigenvalue weighted by molar-refractivity contribution is -0.185. The highest BCUT2D eigenvalue weighted by Crippen LogP contribution is 2.45. The molecular formula is C32H42N4O5. The predicted molar refractivity (Wildman–Crippen MR) is 154 cm³/mol. The van der Waals surface area contributed by atoms with Gasteiger partial charge in [-0.05, 0) is 81.0 Å². The standard InChI is InChI=1S/C32H42N4O5/c1-6-22-14-23(28(16-26(22)37)40-18-19(2)3)11-12-32(24-9-7-8-10-24)17-27(38)25(30(39)41-32)15-29-34-31-33-20(4)13-21(5)36(31)35-29/h13-14,16,19,24-25,37H,6-12,15,17-18H2,1-5H3. The van der Waals surface area contributed by atoms with Gasteiger partial charge in [-0.15, -0.1) is 5.10 Å². The van der Waals surface area contributed by atoms with E-state index in [4.69, 9.17) is 9.47 Å². The van der Waals surface area contributed by atoms with Crippen molar-refractivity contribution in [2.45, 2.75) is 98.0 Å². The highest BCUT2D eigenvalue weighted by molar-refractivity contribution is 6.01. The minimum atomic E-state index is -0.923. The second-order valence-corrected chi connectivity index (χ2v) is 12.3. The summed E-state index contributed by atoms with van der Waals surface area (Å²) in [6.45, 7) is 10.5. The van der Waals surface area contributed by atoms with E-state index in [0.29, 0.717) is 49.1 Å². The van der Waals surface area contributed by atoms with Gasteiger partial charge in [-0.25, -0.2) is 9.50 Å². The molecule has 1 saturated heterocycles.